The fourth-order valence-electron chi connectivity index (χ4n) is 6.71. The Bertz CT molecular complexity index is 2110. The number of pyridine rings is 1. The Morgan fingerprint density at radius 1 is 0.981 bits per heavy atom. The van der Waals surface area contributed by atoms with Gasteiger partial charge in [-0.15, -0.1) is 0 Å². The average Bonchev–Trinajstić information content (AvgIpc) is 3.45. The minimum Gasteiger partial charge on any atom is -0.496 e. The number of aliphatic hydroxyl groups is 1. The number of fused-ring (bicyclic) bond motifs is 1. The van der Waals surface area contributed by atoms with Gasteiger partial charge < -0.3 is 29.0 Å². The van der Waals surface area contributed by atoms with Gasteiger partial charge in [-0.05, 0) is 63.8 Å². The van der Waals surface area contributed by atoms with Crippen molar-refractivity contribution >= 4 is 34.9 Å². The molecular formula is C40H43ClN4O7. The molecule has 6 rings (SSSR count). The molecule has 1 saturated carbocycles. The molecule has 0 radical (unpaired) electrons. The second-order valence-corrected chi connectivity index (χ2v) is 14.3. The summed E-state index contributed by atoms with van der Waals surface area (Å²) in [4.78, 5) is 31.5. The van der Waals surface area contributed by atoms with E-state index in [1.807, 2.05) is 81.0 Å². The van der Waals surface area contributed by atoms with Gasteiger partial charge >= 0.3 is 6.09 Å². The molecule has 11 nitrogen and oxygen atoms in total. The predicted octanol–water partition coefficient (Wildman–Crippen LogP) is 7.97. The van der Waals surface area contributed by atoms with Crippen LogP contribution in [0.5, 0.6) is 17.4 Å². The quantitative estimate of drug-likeness (QED) is 0.135. The third-order valence-electron chi connectivity index (χ3n) is 9.20. The van der Waals surface area contributed by atoms with E-state index in [-0.39, 0.29) is 18.6 Å². The Labute approximate surface area is 308 Å². The molecule has 5 aromatic rings. The fraction of sp³-hybridized carbons (Fsp3) is 0.350. The normalized spacial score (nSPS) is 15.6. The lowest BCUT2D eigenvalue weighted by molar-refractivity contribution is -0.00238. The number of benzene rings is 3. The molecule has 1 amide bonds. The van der Waals surface area contributed by atoms with Gasteiger partial charge in [0.15, 0.2) is 6.29 Å². The lowest BCUT2D eigenvalue weighted by Crippen LogP contribution is -2.43. The van der Waals surface area contributed by atoms with Gasteiger partial charge in [0.25, 0.3) is 0 Å². The van der Waals surface area contributed by atoms with Crippen LogP contribution in [-0.4, -0.2) is 76.7 Å². The van der Waals surface area contributed by atoms with Gasteiger partial charge in [-0.1, -0.05) is 48.0 Å². The minimum absolute atomic E-state index is 0.191. The molecule has 0 aliphatic heterocycles. The van der Waals surface area contributed by atoms with Gasteiger partial charge in [-0.2, -0.15) is 5.10 Å². The molecule has 0 spiro atoms. The first-order valence-corrected chi connectivity index (χ1v) is 17.4. The number of halogens is 1. The Morgan fingerprint density at radius 2 is 1.63 bits per heavy atom. The summed E-state index contributed by atoms with van der Waals surface area (Å²) in [7, 11) is 6.44. The van der Waals surface area contributed by atoms with E-state index in [4.69, 9.17) is 40.6 Å². The number of rotatable bonds is 11. The fourth-order valence-corrected chi connectivity index (χ4v) is 7.04. The van der Waals surface area contributed by atoms with E-state index in [9.17, 15) is 14.7 Å². The summed E-state index contributed by atoms with van der Waals surface area (Å²) in [5, 5.41) is 16.1. The molecular weight excluding hydrogens is 684 g/mol. The third kappa shape index (κ3) is 7.29. The molecule has 1 aliphatic carbocycles. The zero-order valence-electron chi connectivity index (χ0n) is 30.4. The van der Waals surface area contributed by atoms with Crippen LogP contribution in [0.4, 0.5) is 4.79 Å². The van der Waals surface area contributed by atoms with E-state index >= 15 is 0 Å². The number of aromatic nitrogens is 3. The first kappa shape index (κ1) is 36.7. The Balaban J connectivity index is 1.36. The topological polar surface area (TPSA) is 125 Å². The van der Waals surface area contributed by atoms with Crippen molar-refractivity contribution < 1.29 is 33.6 Å². The van der Waals surface area contributed by atoms with Crippen molar-refractivity contribution in [2.45, 2.75) is 51.9 Å². The molecule has 1 fully saturated rings. The maximum atomic E-state index is 13.2. The highest BCUT2D eigenvalue weighted by Gasteiger charge is 2.32. The number of aldehydes is 1. The molecule has 52 heavy (non-hydrogen) atoms. The molecule has 2 aromatic heterocycles. The number of carbonyl (C=O) groups excluding carboxylic acids is 2. The Morgan fingerprint density at radius 3 is 2.25 bits per heavy atom. The van der Waals surface area contributed by atoms with E-state index < -0.39 is 11.7 Å². The average molecular weight is 727 g/mol. The zero-order chi connectivity index (χ0) is 37.3. The van der Waals surface area contributed by atoms with Crippen LogP contribution in [-0.2, 0) is 18.3 Å². The van der Waals surface area contributed by atoms with Crippen molar-refractivity contribution in [1.29, 1.82) is 0 Å². The van der Waals surface area contributed by atoms with Gasteiger partial charge in [0.05, 0.1) is 55.8 Å². The Hall–Kier alpha value is -5.13. The van der Waals surface area contributed by atoms with Gasteiger partial charge in [-0.3, -0.25) is 9.48 Å². The van der Waals surface area contributed by atoms with Gasteiger partial charge in [0, 0.05) is 46.8 Å². The van der Waals surface area contributed by atoms with Crippen molar-refractivity contribution in [3.63, 3.8) is 0 Å². The highest BCUT2D eigenvalue weighted by Crippen LogP contribution is 2.42. The summed E-state index contributed by atoms with van der Waals surface area (Å²) < 4.78 is 24.3. The van der Waals surface area contributed by atoms with Crippen LogP contribution in [0.1, 0.15) is 49.5 Å². The van der Waals surface area contributed by atoms with Crippen LogP contribution in [0.3, 0.4) is 0 Å². The van der Waals surface area contributed by atoms with Crippen LogP contribution in [0, 0.1) is 5.92 Å². The molecule has 1 N–H and O–H groups in total. The number of para-hydroxylation sites is 1. The van der Waals surface area contributed by atoms with Gasteiger partial charge in [0.2, 0.25) is 5.88 Å². The molecule has 0 saturated heterocycles. The summed E-state index contributed by atoms with van der Waals surface area (Å²) in [6, 6.07) is 19.1. The Kier molecular flexibility index (Phi) is 10.5. The van der Waals surface area contributed by atoms with Crippen LogP contribution < -0.4 is 14.2 Å². The van der Waals surface area contributed by atoms with E-state index in [2.05, 4.69) is 0 Å². The van der Waals surface area contributed by atoms with Crippen molar-refractivity contribution in [3.8, 4) is 51.0 Å². The first-order chi connectivity index (χ1) is 24.8. The largest absolute Gasteiger partial charge is 0.496 e. The smallest absolute Gasteiger partial charge is 0.410 e. The molecule has 3 aromatic carbocycles. The standard InChI is InChI=1S/C40H43ClN4O7/c1-40(2,3)52-39(48)45(20-23-16-26(47)17-23)21-24-14-15-32(42-38(24)51-7)29-12-8-10-27(35(29)41)28-11-9-13-30-36(43-44(4)37(28)30)25-18-33(49-5)31(22-46)34(19-25)50-6/h8-15,18-19,22-23,26,47H,16-17,20-21H2,1-7H3/t23-,26+. The van der Waals surface area contributed by atoms with Gasteiger partial charge in [-0.25, -0.2) is 9.78 Å². The summed E-state index contributed by atoms with van der Waals surface area (Å²) in [6.45, 7) is 6.19. The van der Waals surface area contributed by atoms with Crippen molar-refractivity contribution in [1.82, 2.24) is 19.7 Å². The molecule has 272 valence electrons. The summed E-state index contributed by atoms with van der Waals surface area (Å²) in [5.74, 6) is 1.33. The lowest BCUT2D eigenvalue weighted by atomic mass is 9.82. The van der Waals surface area contributed by atoms with Crippen molar-refractivity contribution in [3.05, 3.63) is 76.8 Å². The number of hydrogen-bond donors (Lipinski definition) is 1. The van der Waals surface area contributed by atoms with E-state index in [1.165, 1.54) is 14.2 Å². The maximum Gasteiger partial charge on any atom is 0.410 e. The molecule has 0 unspecified atom stereocenters. The highest BCUT2D eigenvalue weighted by molar-refractivity contribution is 6.36. The maximum absolute atomic E-state index is 13.2. The number of ether oxygens (including phenoxy) is 4. The number of methoxy groups -OCH3 is 3. The molecule has 12 heteroatoms. The number of aryl methyl sites for hydroxylation is 1. The van der Waals surface area contributed by atoms with Crippen molar-refractivity contribution in [2.75, 3.05) is 27.9 Å². The molecule has 0 atom stereocenters. The predicted molar refractivity (Wildman–Crippen MR) is 200 cm³/mol. The second-order valence-electron chi connectivity index (χ2n) is 14.0. The minimum atomic E-state index is -0.659. The number of amides is 1. The number of carbonyl (C=O) groups is 2. The lowest BCUT2D eigenvalue weighted by Gasteiger charge is -2.36. The van der Waals surface area contributed by atoms with Crippen LogP contribution >= 0.6 is 11.6 Å². The van der Waals surface area contributed by atoms with Crippen molar-refractivity contribution in [2.24, 2.45) is 13.0 Å². The first-order valence-electron chi connectivity index (χ1n) is 17.0. The summed E-state index contributed by atoms with van der Waals surface area (Å²) in [5.41, 5.74) is 5.62. The van der Waals surface area contributed by atoms with Crippen LogP contribution in [0.25, 0.3) is 44.5 Å². The monoisotopic (exact) mass is 726 g/mol. The molecule has 0 bridgehead atoms. The summed E-state index contributed by atoms with van der Waals surface area (Å²) in [6.07, 6.45) is 1.25. The van der Waals surface area contributed by atoms with E-state index in [0.717, 1.165) is 27.6 Å². The van der Waals surface area contributed by atoms with Crippen LogP contribution in [0.2, 0.25) is 5.02 Å². The van der Waals surface area contributed by atoms with E-state index in [1.54, 1.807) is 24.1 Å². The van der Waals surface area contributed by atoms with E-state index in [0.29, 0.717) is 76.2 Å². The second kappa shape index (κ2) is 14.8. The SMILES string of the molecule is COc1cc(-c2nn(C)c3c(-c4cccc(-c5ccc(CN(C[C@H]6C[C@@H](O)C6)C(=O)OC(C)(C)C)c(OC)n5)c4Cl)cccc23)cc(OC)c1C=O. The third-order valence-corrected chi connectivity index (χ3v) is 9.61. The number of nitrogens with zero attached hydrogens (tertiary/aromatic N) is 4. The van der Waals surface area contributed by atoms with Gasteiger partial charge in [0.1, 0.15) is 22.8 Å². The molecule has 2 heterocycles. The zero-order valence-corrected chi connectivity index (χ0v) is 31.2. The number of aliphatic hydroxyl groups excluding tert-OH is 1. The van der Waals surface area contributed by atoms with Crippen LogP contribution in [0.15, 0.2) is 60.7 Å². The highest BCUT2D eigenvalue weighted by atomic mass is 35.5. The summed E-state index contributed by atoms with van der Waals surface area (Å²) >= 11 is 7.21. The number of hydrogen-bond acceptors (Lipinski definition) is 9. The molecule has 1 aliphatic rings.